The van der Waals surface area contributed by atoms with E-state index in [0.29, 0.717) is 11.6 Å². The number of carbonyl (C=O) groups excluding carboxylic acids is 1. The Kier molecular flexibility index (Phi) is 4.69. The second-order valence-corrected chi connectivity index (χ2v) is 9.14. The maximum atomic E-state index is 13.0. The van der Waals surface area contributed by atoms with Gasteiger partial charge in [0, 0.05) is 46.1 Å². The van der Waals surface area contributed by atoms with Crippen molar-refractivity contribution in [3.63, 3.8) is 0 Å². The van der Waals surface area contributed by atoms with E-state index in [9.17, 15) is 4.79 Å². The molecule has 166 valence electrons. The summed E-state index contributed by atoms with van der Waals surface area (Å²) in [6, 6.07) is 20.7. The average Bonchev–Trinajstić information content (AvgIpc) is 3.50. The van der Waals surface area contributed by atoms with Crippen LogP contribution in [0, 0.1) is 0 Å². The minimum atomic E-state index is -0.118. The number of aromatic nitrogens is 3. The van der Waals surface area contributed by atoms with E-state index in [0.717, 1.165) is 52.1 Å². The molecule has 1 saturated heterocycles. The first-order chi connectivity index (χ1) is 16.1. The number of para-hydroxylation sites is 1. The zero-order valence-corrected chi connectivity index (χ0v) is 18.9. The van der Waals surface area contributed by atoms with Crippen molar-refractivity contribution in [1.29, 1.82) is 0 Å². The van der Waals surface area contributed by atoms with Crippen LogP contribution in [0.15, 0.2) is 60.7 Å². The summed E-state index contributed by atoms with van der Waals surface area (Å²) in [6.45, 7) is 4.24. The van der Waals surface area contributed by atoms with Gasteiger partial charge in [-0.05, 0) is 62.7 Å². The number of aryl methyl sites for hydroxylation is 1. The lowest BCUT2D eigenvalue weighted by Gasteiger charge is -2.19. The van der Waals surface area contributed by atoms with Crippen LogP contribution in [0.1, 0.15) is 35.9 Å². The molecule has 1 amide bonds. The molecule has 1 aliphatic rings. The zero-order valence-electron chi connectivity index (χ0n) is 18.9. The molecule has 0 aliphatic carbocycles. The number of nitrogens with zero attached hydrogens (tertiary/aromatic N) is 3. The van der Waals surface area contributed by atoms with Gasteiger partial charge in [0.1, 0.15) is 5.82 Å². The van der Waals surface area contributed by atoms with E-state index in [-0.39, 0.29) is 5.91 Å². The largest absolute Gasteiger partial charge is 0.344 e. The van der Waals surface area contributed by atoms with Gasteiger partial charge in [0.25, 0.3) is 5.91 Å². The lowest BCUT2D eigenvalue weighted by molar-refractivity contribution is 0.102. The van der Waals surface area contributed by atoms with Gasteiger partial charge in [-0.15, -0.1) is 0 Å². The normalized spacial score (nSPS) is 16.8. The number of H-pyrrole nitrogens is 1. The first kappa shape index (κ1) is 20.0. The van der Waals surface area contributed by atoms with Crippen LogP contribution in [-0.2, 0) is 13.6 Å². The number of fused-ring (bicyclic) bond motifs is 4. The molecule has 0 unspecified atom stereocenters. The molecule has 33 heavy (non-hydrogen) atoms. The van der Waals surface area contributed by atoms with Gasteiger partial charge in [0.2, 0.25) is 0 Å². The molecular weight excluding hydrogens is 410 g/mol. The fourth-order valence-corrected chi connectivity index (χ4v) is 5.14. The molecule has 6 nitrogen and oxygen atoms in total. The Morgan fingerprint density at radius 3 is 2.79 bits per heavy atom. The third-order valence-corrected chi connectivity index (χ3v) is 7.01. The molecule has 1 atom stereocenters. The lowest BCUT2D eigenvalue weighted by atomic mass is 10.1. The Labute approximate surface area is 192 Å². The van der Waals surface area contributed by atoms with Gasteiger partial charge >= 0.3 is 0 Å². The van der Waals surface area contributed by atoms with Crippen LogP contribution < -0.4 is 5.32 Å². The minimum Gasteiger partial charge on any atom is -0.344 e. The number of amides is 1. The smallest absolute Gasteiger partial charge is 0.255 e. The summed E-state index contributed by atoms with van der Waals surface area (Å²) in [4.78, 5) is 23.7. The van der Waals surface area contributed by atoms with Crippen molar-refractivity contribution in [3.05, 3.63) is 72.1 Å². The highest BCUT2D eigenvalue weighted by atomic mass is 16.1. The van der Waals surface area contributed by atoms with Gasteiger partial charge < -0.3 is 14.9 Å². The van der Waals surface area contributed by atoms with E-state index in [1.807, 2.05) is 55.6 Å². The van der Waals surface area contributed by atoms with Crippen molar-refractivity contribution >= 4 is 44.4 Å². The van der Waals surface area contributed by atoms with Crippen LogP contribution in [0.2, 0.25) is 0 Å². The molecule has 2 aromatic heterocycles. The monoisotopic (exact) mass is 437 g/mol. The van der Waals surface area contributed by atoms with Crippen LogP contribution in [0.25, 0.3) is 32.8 Å². The summed E-state index contributed by atoms with van der Waals surface area (Å²) < 4.78 is 2.14. The molecule has 6 heteroatoms. The SMILES string of the molecule is C[C@H]1CCCN1Cc1nc2ccc(NC(=O)c3ccc4c5ccccc5n(C)c4c3)cc2[nH]1. The van der Waals surface area contributed by atoms with E-state index in [1.165, 1.54) is 18.2 Å². The predicted octanol–water partition coefficient (Wildman–Crippen LogP) is 5.44. The van der Waals surface area contributed by atoms with Crippen molar-refractivity contribution in [3.8, 4) is 0 Å². The molecule has 0 radical (unpaired) electrons. The molecule has 5 aromatic rings. The van der Waals surface area contributed by atoms with E-state index < -0.39 is 0 Å². The Hall–Kier alpha value is -3.64. The maximum absolute atomic E-state index is 13.0. The topological polar surface area (TPSA) is 66.0 Å². The molecular formula is C27H27N5O. The van der Waals surface area contributed by atoms with Gasteiger partial charge in [0.05, 0.1) is 17.6 Å². The third kappa shape index (κ3) is 3.47. The molecule has 3 heterocycles. The Morgan fingerprint density at radius 1 is 1.09 bits per heavy atom. The van der Waals surface area contributed by atoms with Gasteiger partial charge in [-0.25, -0.2) is 4.98 Å². The molecule has 6 rings (SSSR count). The summed E-state index contributed by atoms with van der Waals surface area (Å²) in [5.74, 6) is 0.857. The summed E-state index contributed by atoms with van der Waals surface area (Å²) >= 11 is 0. The number of benzene rings is 3. The van der Waals surface area contributed by atoms with Gasteiger partial charge in [-0.2, -0.15) is 0 Å². The zero-order chi connectivity index (χ0) is 22.5. The van der Waals surface area contributed by atoms with E-state index >= 15 is 0 Å². The number of aromatic amines is 1. The van der Waals surface area contributed by atoms with Crippen molar-refractivity contribution in [2.75, 3.05) is 11.9 Å². The number of imidazole rings is 1. The summed E-state index contributed by atoms with van der Waals surface area (Å²) in [7, 11) is 2.04. The third-order valence-electron chi connectivity index (χ3n) is 7.01. The number of carbonyl (C=O) groups is 1. The van der Waals surface area contributed by atoms with Gasteiger partial charge in [-0.3, -0.25) is 9.69 Å². The fraction of sp³-hybridized carbons (Fsp3) is 0.259. The first-order valence-electron chi connectivity index (χ1n) is 11.6. The highest BCUT2D eigenvalue weighted by Crippen LogP contribution is 2.29. The van der Waals surface area contributed by atoms with Crippen molar-refractivity contribution < 1.29 is 4.79 Å². The van der Waals surface area contributed by atoms with Crippen LogP contribution in [-0.4, -0.2) is 37.9 Å². The second-order valence-electron chi connectivity index (χ2n) is 9.14. The lowest BCUT2D eigenvalue weighted by Crippen LogP contribution is -2.26. The van der Waals surface area contributed by atoms with Crippen molar-refractivity contribution in [1.82, 2.24) is 19.4 Å². The molecule has 3 aromatic carbocycles. The van der Waals surface area contributed by atoms with Crippen LogP contribution >= 0.6 is 0 Å². The molecule has 0 saturated carbocycles. The summed E-state index contributed by atoms with van der Waals surface area (Å²) in [5, 5.41) is 5.41. The molecule has 0 bridgehead atoms. The van der Waals surface area contributed by atoms with Crippen LogP contribution in [0.3, 0.4) is 0 Å². The second kappa shape index (κ2) is 7.74. The molecule has 0 spiro atoms. The number of rotatable bonds is 4. The Bertz CT molecular complexity index is 1510. The number of nitrogens with one attached hydrogen (secondary N) is 2. The maximum Gasteiger partial charge on any atom is 0.255 e. The van der Waals surface area contributed by atoms with Crippen molar-refractivity contribution in [2.24, 2.45) is 7.05 Å². The highest BCUT2D eigenvalue weighted by molar-refractivity contribution is 6.12. The standard InChI is InChI=1S/C27H27N5O/c1-17-6-5-13-32(17)16-26-29-22-12-10-19(15-23(22)30-26)28-27(33)18-9-11-21-20-7-3-4-8-24(20)31(2)25(21)14-18/h3-4,7-12,14-15,17H,5-6,13,16H2,1-2H3,(H,28,33)(H,29,30)/t17-/m0/s1. The summed E-state index contributed by atoms with van der Waals surface area (Å²) in [6.07, 6.45) is 2.50. The quantitative estimate of drug-likeness (QED) is 0.393. The van der Waals surface area contributed by atoms with Crippen molar-refractivity contribution in [2.45, 2.75) is 32.4 Å². The van der Waals surface area contributed by atoms with E-state index in [1.54, 1.807) is 0 Å². The fourth-order valence-electron chi connectivity index (χ4n) is 5.14. The number of anilines is 1. The first-order valence-corrected chi connectivity index (χ1v) is 11.6. The molecule has 1 aliphatic heterocycles. The highest BCUT2D eigenvalue weighted by Gasteiger charge is 2.21. The van der Waals surface area contributed by atoms with Gasteiger partial charge in [-0.1, -0.05) is 24.3 Å². The number of hydrogen-bond donors (Lipinski definition) is 2. The van der Waals surface area contributed by atoms with Crippen LogP contribution in [0.5, 0.6) is 0 Å². The predicted molar refractivity (Wildman–Crippen MR) is 134 cm³/mol. The van der Waals surface area contributed by atoms with Crippen LogP contribution in [0.4, 0.5) is 5.69 Å². The Balaban J connectivity index is 1.25. The Morgan fingerprint density at radius 2 is 1.94 bits per heavy atom. The van der Waals surface area contributed by atoms with E-state index in [2.05, 4.69) is 38.8 Å². The minimum absolute atomic E-state index is 0.118. The van der Waals surface area contributed by atoms with Gasteiger partial charge in [0.15, 0.2) is 0 Å². The number of likely N-dealkylation sites (tertiary alicyclic amines) is 1. The average molecular weight is 438 g/mol. The molecule has 1 fully saturated rings. The molecule has 2 N–H and O–H groups in total. The number of hydrogen-bond acceptors (Lipinski definition) is 3. The summed E-state index contributed by atoms with van der Waals surface area (Å²) in [5.41, 5.74) is 5.48. The van der Waals surface area contributed by atoms with E-state index in [4.69, 9.17) is 4.98 Å².